The third-order valence-electron chi connectivity index (χ3n) is 3.50. The Morgan fingerprint density at radius 1 is 1.33 bits per heavy atom. The molecule has 0 saturated carbocycles. The van der Waals surface area contributed by atoms with Gasteiger partial charge in [-0.25, -0.2) is 0 Å². The molecule has 1 atom stereocenters. The van der Waals surface area contributed by atoms with E-state index in [0.717, 1.165) is 31.5 Å². The van der Waals surface area contributed by atoms with Gasteiger partial charge in [-0.3, -0.25) is 4.68 Å². The van der Waals surface area contributed by atoms with E-state index in [1.165, 1.54) is 10.2 Å². The summed E-state index contributed by atoms with van der Waals surface area (Å²) in [6, 6.07) is 0.217. The molecule has 4 heteroatoms. The highest BCUT2D eigenvalue weighted by atomic mass is 79.9. The van der Waals surface area contributed by atoms with Crippen LogP contribution in [0.1, 0.15) is 52.4 Å². The molecule has 0 amide bonds. The summed E-state index contributed by atoms with van der Waals surface area (Å²) in [7, 11) is 0. The molecule has 1 aromatic rings. The lowest BCUT2D eigenvalue weighted by Crippen LogP contribution is -2.35. The van der Waals surface area contributed by atoms with E-state index < -0.39 is 0 Å². The molecule has 2 N–H and O–H groups in total. The number of rotatable bonds is 5. The van der Waals surface area contributed by atoms with Gasteiger partial charge in [-0.2, -0.15) is 5.10 Å². The lowest BCUT2D eigenvalue weighted by atomic mass is 9.84. The Labute approximate surface area is 119 Å². The molecule has 0 radical (unpaired) electrons. The minimum Gasteiger partial charge on any atom is -0.327 e. The fourth-order valence-electron chi connectivity index (χ4n) is 1.98. The summed E-state index contributed by atoms with van der Waals surface area (Å²) >= 11 is 3.68. The third-order valence-corrected chi connectivity index (χ3v) is 4.41. The molecule has 0 fully saturated rings. The first-order chi connectivity index (χ1) is 8.31. The second-order valence-electron chi connectivity index (χ2n) is 5.89. The second kappa shape index (κ2) is 6.20. The van der Waals surface area contributed by atoms with E-state index in [2.05, 4.69) is 60.3 Å². The van der Waals surface area contributed by atoms with E-state index in [1.54, 1.807) is 0 Å². The Morgan fingerprint density at radius 2 is 1.94 bits per heavy atom. The molecule has 1 heterocycles. The maximum Gasteiger partial charge on any atom is 0.0766 e. The summed E-state index contributed by atoms with van der Waals surface area (Å²) in [5.41, 5.74) is 8.83. The molecule has 1 unspecified atom stereocenters. The Morgan fingerprint density at radius 3 is 2.39 bits per heavy atom. The van der Waals surface area contributed by atoms with Gasteiger partial charge in [0, 0.05) is 12.6 Å². The Balaban J connectivity index is 2.81. The lowest BCUT2D eigenvalue weighted by Gasteiger charge is -2.27. The van der Waals surface area contributed by atoms with E-state index in [0.29, 0.717) is 0 Å². The summed E-state index contributed by atoms with van der Waals surface area (Å²) < 4.78 is 3.27. The third kappa shape index (κ3) is 3.58. The maximum atomic E-state index is 6.23. The van der Waals surface area contributed by atoms with Gasteiger partial charge in [0.05, 0.1) is 15.9 Å². The topological polar surface area (TPSA) is 43.8 Å². The average Bonchev–Trinajstić information content (AvgIpc) is 2.61. The smallest absolute Gasteiger partial charge is 0.0766 e. The van der Waals surface area contributed by atoms with Crippen LogP contribution in [0.2, 0.25) is 0 Å². The largest absolute Gasteiger partial charge is 0.327 e. The summed E-state index contributed by atoms with van der Waals surface area (Å²) in [5.74, 6) is 0. The zero-order chi connectivity index (χ0) is 13.9. The molecule has 18 heavy (non-hydrogen) atoms. The van der Waals surface area contributed by atoms with Gasteiger partial charge >= 0.3 is 0 Å². The molecule has 1 aromatic heterocycles. The number of halogens is 1. The Bertz CT molecular complexity index is 390. The predicted molar refractivity (Wildman–Crippen MR) is 80.7 cm³/mol. The molecular formula is C14H26BrN3. The van der Waals surface area contributed by atoms with E-state index in [9.17, 15) is 0 Å². The van der Waals surface area contributed by atoms with Crippen LogP contribution >= 0.6 is 15.9 Å². The lowest BCUT2D eigenvalue weighted by molar-refractivity contribution is 0.304. The zero-order valence-electron chi connectivity index (χ0n) is 12.3. The van der Waals surface area contributed by atoms with Gasteiger partial charge in [0.2, 0.25) is 0 Å². The van der Waals surface area contributed by atoms with Crippen LogP contribution in [-0.4, -0.2) is 15.8 Å². The number of aryl methyl sites for hydroxylation is 2. The highest BCUT2D eigenvalue weighted by Gasteiger charge is 2.22. The van der Waals surface area contributed by atoms with Crippen LogP contribution in [0, 0.1) is 5.41 Å². The Hall–Kier alpha value is -0.350. The predicted octanol–water partition coefficient (Wildman–Crippen LogP) is 3.53. The van der Waals surface area contributed by atoms with Crippen LogP contribution < -0.4 is 5.73 Å². The first-order valence-electron chi connectivity index (χ1n) is 6.80. The molecule has 1 rings (SSSR count). The number of hydrogen-bond donors (Lipinski definition) is 1. The number of hydrogen-bond acceptors (Lipinski definition) is 2. The molecule has 0 spiro atoms. The van der Waals surface area contributed by atoms with Crippen LogP contribution in [0.3, 0.4) is 0 Å². The molecule has 0 aliphatic carbocycles. The molecule has 104 valence electrons. The highest BCUT2D eigenvalue weighted by Crippen LogP contribution is 2.26. The fourth-order valence-corrected chi connectivity index (χ4v) is 2.74. The Kier molecular flexibility index (Phi) is 5.41. The van der Waals surface area contributed by atoms with Crippen LogP contribution in [0.15, 0.2) is 4.47 Å². The molecule has 0 aliphatic rings. The van der Waals surface area contributed by atoms with Crippen molar-refractivity contribution in [1.82, 2.24) is 9.78 Å². The molecule has 0 saturated heterocycles. The second-order valence-corrected chi connectivity index (χ2v) is 6.68. The molecule has 3 nitrogen and oxygen atoms in total. The maximum absolute atomic E-state index is 6.23. The van der Waals surface area contributed by atoms with E-state index in [-0.39, 0.29) is 11.5 Å². The van der Waals surface area contributed by atoms with Crippen LogP contribution in [-0.2, 0) is 19.4 Å². The van der Waals surface area contributed by atoms with Crippen molar-refractivity contribution in [3.63, 3.8) is 0 Å². The quantitative estimate of drug-likeness (QED) is 0.903. The van der Waals surface area contributed by atoms with Crippen molar-refractivity contribution < 1.29 is 0 Å². The number of aromatic nitrogens is 2. The van der Waals surface area contributed by atoms with Gasteiger partial charge in [-0.15, -0.1) is 0 Å². The van der Waals surface area contributed by atoms with Crippen LogP contribution in [0.4, 0.5) is 0 Å². The minimum atomic E-state index is 0.164. The zero-order valence-corrected chi connectivity index (χ0v) is 13.8. The van der Waals surface area contributed by atoms with Crippen LogP contribution in [0.25, 0.3) is 0 Å². The van der Waals surface area contributed by atoms with E-state index in [1.807, 2.05) is 0 Å². The van der Waals surface area contributed by atoms with Gasteiger partial charge in [-0.05, 0) is 47.5 Å². The van der Waals surface area contributed by atoms with Gasteiger partial charge in [-0.1, -0.05) is 27.7 Å². The highest BCUT2D eigenvalue weighted by molar-refractivity contribution is 9.10. The van der Waals surface area contributed by atoms with Crippen molar-refractivity contribution in [1.29, 1.82) is 0 Å². The molecule has 0 aromatic carbocycles. The van der Waals surface area contributed by atoms with Crippen molar-refractivity contribution in [2.45, 2.75) is 66.5 Å². The van der Waals surface area contributed by atoms with E-state index in [4.69, 9.17) is 5.73 Å². The monoisotopic (exact) mass is 315 g/mol. The minimum absolute atomic E-state index is 0.164. The standard InChI is InChI=1S/C14H26BrN3/c1-6-10-13(15)11(18(7-2)17-10)8-9-12(16)14(3,4)5/h12H,6-9,16H2,1-5H3. The van der Waals surface area contributed by atoms with Crippen molar-refractivity contribution >= 4 is 15.9 Å². The molecule has 0 aliphatic heterocycles. The van der Waals surface area contributed by atoms with Crippen molar-refractivity contribution in [3.8, 4) is 0 Å². The summed E-state index contributed by atoms with van der Waals surface area (Å²) in [5, 5.41) is 4.62. The summed E-state index contributed by atoms with van der Waals surface area (Å²) in [4.78, 5) is 0. The number of nitrogens with two attached hydrogens (primary N) is 1. The normalized spacial score (nSPS) is 13.9. The van der Waals surface area contributed by atoms with Crippen LogP contribution in [0.5, 0.6) is 0 Å². The number of nitrogens with zero attached hydrogens (tertiary/aromatic N) is 2. The van der Waals surface area contributed by atoms with E-state index >= 15 is 0 Å². The first kappa shape index (κ1) is 15.7. The molecular weight excluding hydrogens is 290 g/mol. The molecule has 0 bridgehead atoms. The first-order valence-corrected chi connectivity index (χ1v) is 7.60. The van der Waals surface area contributed by atoms with Crippen molar-refractivity contribution in [3.05, 3.63) is 15.9 Å². The fraction of sp³-hybridized carbons (Fsp3) is 0.786. The van der Waals surface area contributed by atoms with Crippen molar-refractivity contribution in [2.24, 2.45) is 11.1 Å². The SMILES string of the molecule is CCc1nn(CC)c(CCC(N)C(C)(C)C)c1Br. The van der Waals surface area contributed by atoms with Gasteiger partial charge in [0.25, 0.3) is 0 Å². The van der Waals surface area contributed by atoms with Gasteiger partial charge in [0.15, 0.2) is 0 Å². The van der Waals surface area contributed by atoms with Crippen molar-refractivity contribution in [2.75, 3.05) is 0 Å². The average molecular weight is 316 g/mol. The summed E-state index contributed by atoms with van der Waals surface area (Å²) in [6.07, 6.45) is 2.95. The van der Waals surface area contributed by atoms with Gasteiger partial charge in [0.1, 0.15) is 0 Å². The van der Waals surface area contributed by atoms with Gasteiger partial charge < -0.3 is 5.73 Å². The summed E-state index contributed by atoms with van der Waals surface area (Å²) in [6.45, 7) is 11.8.